The Morgan fingerprint density at radius 2 is 1.88 bits per heavy atom. The molecule has 2 fully saturated rings. The summed E-state index contributed by atoms with van der Waals surface area (Å²) in [4.78, 5) is 32.7. The van der Waals surface area contributed by atoms with Crippen molar-refractivity contribution >= 4 is 17.5 Å². The van der Waals surface area contributed by atoms with Gasteiger partial charge in [0, 0.05) is 47.9 Å². The minimum absolute atomic E-state index is 0.105. The third-order valence-corrected chi connectivity index (χ3v) is 6.69. The van der Waals surface area contributed by atoms with Crippen molar-refractivity contribution in [3.8, 4) is 5.75 Å². The van der Waals surface area contributed by atoms with Crippen LogP contribution in [-0.2, 0) is 10.3 Å². The number of carbonyl (C=O) groups is 2. The second kappa shape index (κ2) is 9.96. The lowest BCUT2D eigenvalue weighted by Gasteiger charge is -2.41. The van der Waals surface area contributed by atoms with E-state index in [1.165, 1.54) is 6.20 Å². The van der Waals surface area contributed by atoms with Crippen LogP contribution in [0.1, 0.15) is 55.1 Å². The number of alkyl halides is 6. The number of aromatic nitrogens is 2. The number of rotatable bonds is 8. The number of imidazole rings is 1. The Morgan fingerprint density at radius 1 is 1.12 bits per heavy atom. The van der Waals surface area contributed by atoms with Crippen molar-refractivity contribution in [2.24, 2.45) is 0 Å². The molecule has 5 rings (SSSR count). The van der Waals surface area contributed by atoms with E-state index in [2.05, 4.69) is 26.5 Å². The van der Waals surface area contributed by atoms with Gasteiger partial charge in [0.1, 0.15) is 23.1 Å². The number of amides is 3. The van der Waals surface area contributed by atoms with Crippen LogP contribution >= 0.6 is 0 Å². The molecule has 1 aromatic heterocycles. The maximum absolute atomic E-state index is 15.3. The molecule has 3 amide bonds. The lowest BCUT2D eigenvalue weighted by Crippen LogP contribution is -2.61. The summed E-state index contributed by atoms with van der Waals surface area (Å²) in [5, 5.41) is 2.51. The van der Waals surface area contributed by atoms with E-state index in [-0.39, 0.29) is 23.1 Å². The summed E-state index contributed by atoms with van der Waals surface area (Å²) in [6.07, 6.45) is -9.19. The Morgan fingerprint density at radius 3 is 2.48 bits per heavy atom. The van der Waals surface area contributed by atoms with Gasteiger partial charge in [0.25, 0.3) is 5.91 Å². The molecule has 0 bridgehead atoms. The van der Waals surface area contributed by atoms with Crippen LogP contribution < -0.4 is 26.5 Å². The molecule has 3 aliphatic rings. The van der Waals surface area contributed by atoms with Crippen LogP contribution in [0.3, 0.4) is 0 Å². The minimum Gasteiger partial charge on any atom is -0.493 e. The SMILES string of the molecule is O=C1N[C@@](c2ccc(OCCCC(F)(F)F)cc2F)(C(F)(F)F)CC(c2ncc(C3CC3)[nH]2)=C1N1NNNC1=O. The average Bonchev–Trinajstić information content (AvgIpc) is 3.44. The van der Waals surface area contributed by atoms with Crippen LogP contribution in [-0.4, -0.2) is 45.9 Å². The van der Waals surface area contributed by atoms with E-state index in [0.717, 1.165) is 25.0 Å². The van der Waals surface area contributed by atoms with Gasteiger partial charge < -0.3 is 15.0 Å². The van der Waals surface area contributed by atoms with E-state index in [1.807, 2.05) is 5.32 Å². The van der Waals surface area contributed by atoms with Crippen molar-refractivity contribution in [3.05, 3.63) is 53.0 Å². The van der Waals surface area contributed by atoms with Crippen LogP contribution in [0, 0.1) is 5.82 Å². The normalized spacial score (nSPS) is 22.0. The summed E-state index contributed by atoms with van der Waals surface area (Å²) in [6.45, 7) is -0.448. The van der Waals surface area contributed by atoms with Crippen molar-refractivity contribution in [2.75, 3.05) is 6.61 Å². The predicted octanol–water partition coefficient (Wildman–Crippen LogP) is 3.79. The van der Waals surface area contributed by atoms with Crippen molar-refractivity contribution < 1.29 is 45.1 Å². The number of hydrazine groups is 3. The van der Waals surface area contributed by atoms with Gasteiger partial charge >= 0.3 is 18.4 Å². The van der Waals surface area contributed by atoms with Crippen LogP contribution in [0.5, 0.6) is 5.75 Å². The Balaban J connectivity index is 1.53. The number of ether oxygens (including phenoxy) is 1. The highest BCUT2D eigenvalue weighted by molar-refractivity contribution is 6.05. The topological polar surface area (TPSA) is 123 Å². The summed E-state index contributed by atoms with van der Waals surface area (Å²) < 4.78 is 102. The first kappa shape index (κ1) is 27.7. The zero-order chi connectivity index (χ0) is 28.9. The maximum Gasteiger partial charge on any atom is 0.416 e. The molecular weight excluding hydrogens is 555 g/mol. The van der Waals surface area contributed by atoms with Crippen molar-refractivity contribution in [1.82, 2.24) is 36.8 Å². The van der Waals surface area contributed by atoms with Gasteiger partial charge in [-0.25, -0.2) is 19.2 Å². The summed E-state index contributed by atoms with van der Waals surface area (Å²) in [7, 11) is 0. The fraction of sp³-hybridized carbons (Fsp3) is 0.435. The zero-order valence-corrected chi connectivity index (χ0v) is 20.4. The van der Waals surface area contributed by atoms with Crippen molar-refractivity contribution in [3.63, 3.8) is 0 Å². The van der Waals surface area contributed by atoms with Crippen LogP contribution in [0.4, 0.5) is 35.5 Å². The minimum atomic E-state index is -5.25. The second-order valence-electron chi connectivity index (χ2n) is 9.53. The van der Waals surface area contributed by atoms with Crippen LogP contribution in [0.2, 0.25) is 0 Å². The fourth-order valence-electron chi connectivity index (χ4n) is 4.59. The van der Waals surface area contributed by atoms with Crippen LogP contribution in [0.25, 0.3) is 5.57 Å². The molecule has 1 aliphatic carbocycles. The van der Waals surface area contributed by atoms with Gasteiger partial charge in [-0.1, -0.05) is 0 Å². The number of halogens is 7. The molecule has 17 heteroatoms. The molecule has 2 aromatic rings. The summed E-state index contributed by atoms with van der Waals surface area (Å²) in [5.74, 6) is -3.02. The molecule has 2 aliphatic heterocycles. The van der Waals surface area contributed by atoms with Gasteiger partial charge in [-0.15, -0.1) is 11.1 Å². The van der Waals surface area contributed by atoms with E-state index in [9.17, 15) is 35.9 Å². The van der Waals surface area contributed by atoms with Gasteiger partial charge in [0.2, 0.25) is 0 Å². The Hall–Kier alpha value is -3.86. The monoisotopic (exact) mass is 577 g/mol. The largest absolute Gasteiger partial charge is 0.493 e. The standard InChI is InChI=1S/C23H22F7N7O3/c24-15-8-12(40-7-1-6-22(25,26)27)4-5-14(15)21(23(28,29)30)9-13(18-31-10-16(32-18)11-2-3-11)17(19(38)33-21)37-20(39)34-35-36-37/h4-5,8,10-11,35-36H,1-3,6-7,9H2,(H,31,32)(H,33,38)(H,34,39)/t21-/m0/s1. The third-order valence-electron chi connectivity index (χ3n) is 6.69. The number of aromatic amines is 1. The number of nitrogens with zero attached hydrogens (tertiary/aromatic N) is 2. The van der Waals surface area contributed by atoms with Crippen molar-refractivity contribution in [2.45, 2.75) is 55.9 Å². The quantitative estimate of drug-likeness (QED) is 0.241. The molecule has 216 valence electrons. The number of urea groups is 1. The Labute approximate surface area is 221 Å². The summed E-state index contributed by atoms with van der Waals surface area (Å²) in [5.41, 5.74) is 2.29. The molecule has 1 saturated carbocycles. The number of nitrogens with one attached hydrogen (secondary N) is 5. The van der Waals surface area contributed by atoms with Gasteiger partial charge in [-0.2, -0.15) is 26.3 Å². The fourth-order valence-corrected chi connectivity index (χ4v) is 4.59. The number of hydrogen-bond acceptors (Lipinski definition) is 6. The molecule has 0 radical (unpaired) electrons. The molecule has 0 unspecified atom stereocenters. The van der Waals surface area contributed by atoms with Crippen molar-refractivity contribution in [1.29, 1.82) is 0 Å². The lowest BCUT2D eigenvalue weighted by atomic mass is 9.79. The highest BCUT2D eigenvalue weighted by Crippen LogP contribution is 2.50. The first-order valence-corrected chi connectivity index (χ1v) is 12.1. The number of carbonyl (C=O) groups excluding carboxylic acids is 2. The number of H-pyrrole nitrogens is 1. The van der Waals surface area contributed by atoms with E-state index >= 15 is 4.39 Å². The summed E-state index contributed by atoms with van der Waals surface area (Å²) in [6, 6.07) is 1.45. The van der Waals surface area contributed by atoms with E-state index < -0.39 is 72.8 Å². The number of hydrogen-bond donors (Lipinski definition) is 5. The zero-order valence-electron chi connectivity index (χ0n) is 20.4. The third kappa shape index (κ3) is 5.30. The molecule has 0 spiro atoms. The van der Waals surface area contributed by atoms with Gasteiger partial charge in [-0.3, -0.25) is 10.2 Å². The van der Waals surface area contributed by atoms with Gasteiger partial charge in [0.05, 0.1) is 6.61 Å². The van der Waals surface area contributed by atoms with Gasteiger partial charge in [-0.05, 0) is 31.4 Å². The summed E-state index contributed by atoms with van der Waals surface area (Å²) >= 11 is 0. The first-order chi connectivity index (χ1) is 18.8. The lowest BCUT2D eigenvalue weighted by molar-refractivity contribution is -0.203. The Bertz CT molecular complexity index is 1350. The number of benzene rings is 1. The average molecular weight is 577 g/mol. The van der Waals surface area contributed by atoms with Gasteiger partial charge in [0.15, 0.2) is 5.54 Å². The Kier molecular flexibility index (Phi) is 6.89. The molecule has 1 atom stereocenters. The molecule has 40 heavy (non-hydrogen) atoms. The maximum atomic E-state index is 15.3. The smallest absolute Gasteiger partial charge is 0.416 e. The molecule has 1 aromatic carbocycles. The van der Waals surface area contributed by atoms with E-state index in [0.29, 0.717) is 16.8 Å². The molecule has 3 heterocycles. The van der Waals surface area contributed by atoms with Crippen LogP contribution in [0.15, 0.2) is 30.1 Å². The van der Waals surface area contributed by atoms with E-state index in [4.69, 9.17) is 4.74 Å². The van der Waals surface area contributed by atoms with E-state index in [1.54, 1.807) is 0 Å². The molecule has 10 nitrogen and oxygen atoms in total. The predicted molar refractivity (Wildman–Crippen MR) is 122 cm³/mol. The molecular formula is C23H22F7N7O3. The first-order valence-electron chi connectivity index (χ1n) is 12.1. The highest BCUT2D eigenvalue weighted by Gasteiger charge is 2.61. The second-order valence-corrected chi connectivity index (χ2v) is 9.53. The molecule has 5 N–H and O–H groups in total. The molecule has 1 saturated heterocycles. The highest BCUT2D eigenvalue weighted by atomic mass is 19.4.